The van der Waals surface area contributed by atoms with Crippen molar-refractivity contribution in [2.45, 2.75) is 6.92 Å². The van der Waals surface area contributed by atoms with Gasteiger partial charge in [0.15, 0.2) is 79.9 Å². The van der Waals surface area contributed by atoms with Gasteiger partial charge < -0.3 is 124 Å². The number of benzene rings is 10. The summed E-state index contributed by atoms with van der Waals surface area (Å²) < 4.78 is 32.4. The molecule has 0 amide bonds. The van der Waals surface area contributed by atoms with Crippen molar-refractivity contribution in [2.24, 2.45) is 0 Å². The highest BCUT2D eigenvalue weighted by Gasteiger charge is 2.23. The minimum atomic E-state index is -0.842. The Balaban J connectivity index is 0.000000133. The van der Waals surface area contributed by atoms with E-state index in [9.17, 15) is 121 Å². The summed E-state index contributed by atoms with van der Waals surface area (Å²) in [5.41, 5.74) is -0.325. The van der Waals surface area contributed by atoms with Crippen molar-refractivity contribution >= 4 is 54.8 Å². The van der Waals surface area contributed by atoms with Gasteiger partial charge in [0, 0.05) is 64.2 Å². The molecular formula is C77H54O30. The first-order valence-electron chi connectivity index (χ1n) is 30.7. The molecule has 5 aromatic heterocycles. The molecule has 5 heterocycles. The van der Waals surface area contributed by atoms with Crippen LogP contribution >= 0.6 is 0 Å². The smallest absolute Gasteiger partial charge is 0.238 e. The summed E-state index contributed by atoms with van der Waals surface area (Å²) in [6.45, 7) is 1.70. The Morgan fingerprint density at radius 3 is 1.07 bits per heavy atom. The van der Waals surface area contributed by atoms with Crippen molar-refractivity contribution in [1.29, 1.82) is 0 Å². The number of aromatic hydroxyl groups is 19. The Morgan fingerprint density at radius 1 is 0.262 bits per heavy atom. The van der Waals surface area contributed by atoms with E-state index in [0.29, 0.717) is 22.3 Å². The number of aryl methyl sites for hydroxylation is 1. The molecule has 0 spiro atoms. The molecular weight excluding hydrogens is 1400 g/mol. The molecule has 0 unspecified atom stereocenters. The summed E-state index contributed by atoms with van der Waals surface area (Å²) >= 11 is 0. The molecule has 0 saturated heterocycles. The topological polar surface area (TPSA) is 545 Å². The summed E-state index contributed by atoms with van der Waals surface area (Å²) in [5, 5.41) is 182. The van der Waals surface area contributed by atoms with Crippen LogP contribution in [-0.4, -0.2) is 104 Å². The molecule has 0 aliphatic carbocycles. The van der Waals surface area contributed by atoms with Crippen LogP contribution in [0.15, 0.2) is 222 Å². The van der Waals surface area contributed by atoms with Crippen LogP contribution in [0.3, 0.4) is 0 Å². The predicted molar refractivity (Wildman–Crippen MR) is 383 cm³/mol. The van der Waals surface area contributed by atoms with Crippen LogP contribution in [-0.2, 0) is 0 Å². The molecule has 0 aliphatic heterocycles. The maximum atomic E-state index is 12.2. The van der Waals surface area contributed by atoms with Gasteiger partial charge in [-0.05, 0) is 140 Å². The van der Waals surface area contributed by atoms with Crippen LogP contribution < -0.4 is 31.9 Å². The van der Waals surface area contributed by atoms with Crippen molar-refractivity contribution in [1.82, 2.24) is 0 Å². The number of phenols is 16. The highest BCUT2D eigenvalue weighted by molar-refractivity contribution is 5.90. The molecule has 15 aromatic rings. The first kappa shape index (κ1) is 72.5. The van der Waals surface area contributed by atoms with Crippen molar-refractivity contribution < 1.29 is 124 Å². The highest BCUT2D eigenvalue weighted by atomic mass is 16.5. The fourth-order valence-electron chi connectivity index (χ4n) is 10.5. The highest BCUT2D eigenvalue weighted by Crippen LogP contribution is 2.43. The Bertz CT molecular complexity index is 6380. The molecule has 0 aliphatic rings. The lowest BCUT2D eigenvalue weighted by molar-refractivity contribution is 0.368. The molecule has 0 fully saturated rings. The third-order valence-corrected chi connectivity index (χ3v) is 15.9. The maximum absolute atomic E-state index is 12.2. The summed E-state index contributed by atoms with van der Waals surface area (Å²) in [7, 11) is 1.35. The van der Waals surface area contributed by atoms with E-state index in [1.54, 1.807) is 19.1 Å². The average Bonchev–Trinajstić information content (AvgIpc) is 0.776. The number of phenolic OH excluding ortho intramolecular Hbond substituents is 16. The molecule has 542 valence electrons. The van der Waals surface area contributed by atoms with E-state index in [0.717, 1.165) is 24.3 Å². The number of fused-ring (bicyclic) bond motifs is 5. The second-order valence-electron chi connectivity index (χ2n) is 23.2. The Labute approximate surface area is 594 Å². The fraction of sp³-hybridized carbons (Fsp3) is 0.0260. The lowest BCUT2D eigenvalue weighted by Crippen LogP contribution is -2.03. The maximum Gasteiger partial charge on any atom is 0.238 e. The Morgan fingerprint density at radius 2 is 0.626 bits per heavy atom. The third-order valence-electron chi connectivity index (χ3n) is 15.9. The predicted octanol–water partition coefficient (Wildman–Crippen LogP) is 12.0. The molecule has 19 N–H and O–H groups in total. The van der Waals surface area contributed by atoms with E-state index < -0.39 is 68.0 Å². The van der Waals surface area contributed by atoms with Gasteiger partial charge in [0.25, 0.3) is 0 Å². The number of ether oxygens (including phenoxy) is 1. The molecule has 30 heteroatoms. The van der Waals surface area contributed by atoms with Crippen LogP contribution in [0.4, 0.5) is 0 Å². The first-order valence-corrected chi connectivity index (χ1v) is 30.7. The van der Waals surface area contributed by atoms with Crippen LogP contribution in [0.25, 0.3) is 111 Å². The Kier molecular flexibility index (Phi) is 19.7. The van der Waals surface area contributed by atoms with E-state index >= 15 is 0 Å². The number of methoxy groups -OCH3 is 1. The second-order valence-corrected chi connectivity index (χ2v) is 23.2. The van der Waals surface area contributed by atoms with Crippen molar-refractivity contribution in [2.75, 3.05) is 7.11 Å². The molecule has 30 nitrogen and oxygen atoms in total. The van der Waals surface area contributed by atoms with Crippen LogP contribution in [0, 0.1) is 6.92 Å². The molecule has 10 aromatic carbocycles. The van der Waals surface area contributed by atoms with Crippen LogP contribution in [0.5, 0.6) is 115 Å². The number of hydrogen-bond donors (Lipinski definition) is 19. The van der Waals surface area contributed by atoms with Gasteiger partial charge in [0.05, 0.1) is 23.3 Å². The zero-order valence-electron chi connectivity index (χ0n) is 54.7. The zero-order valence-corrected chi connectivity index (χ0v) is 54.7. The lowest BCUT2D eigenvalue weighted by atomic mass is 10.1. The average molecular weight is 1460 g/mol. The summed E-state index contributed by atoms with van der Waals surface area (Å²) in [6.07, 6.45) is 0. The van der Waals surface area contributed by atoms with Crippen molar-refractivity contribution in [3.05, 3.63) is 233 Å². The molecule has 0 atom stereocenters. The fourth-order valence-corrected chi connectivity index (χ4v) is 10.5. The van der Waals surface area contributed by atoms with Gasteiger partial charge in [-0.1, -0.05) is 12.1 Å². The van der Waals surface area contributed by atoms with Gasteiger partial charge in [-0.15, -0.1) is 0 Å². The standard InChI is InChI=1S/C16H12O7.C16H12O6.2C15H10O6.C15H10O5/c1-22-11-4-7(2-3-9(11)18)16-15(21)14(20)13-10(19)5-8(17)6-12(13)23-16;1-7-2-3-8(4-10(7)18)16-15(21)14(20)13-11(19)5-9(17)6-12(13)22-16;16-8-2-4-12-9(6-8)13(19)14(20)15(21-12)7-1-3-10(17)11(18)5-7;16-8-1-2-13-9(5-8)10(17)6-14(21-13)7-3-11(18)15(20)12(19)4-7;16-9-2-4-14-10(6-9)12(18)7-15(20-14)8-1-3-11(17)13(19)5-8/h2-6,17-19,21H,1H3;2-6,17-19,21H,1H3;1-6,16-18,20H;1-6,16,18-20H;1-7,16-17,19H. The molecule has 15 rings (SSSR count). The van der Waals surface area contributed by atoms with Crippen LogP contribution in [0.2, 0.25) is 0 Å². The normalized spacial score (nSPS) is 10.9. The first-order chi connectivity index (χ1) is 50.8. The Hall–Kier alpha value is -15.8. The zero-order chi connectivity index (χ0) is 77.3. The second kappa shape index (κ2) is 29.1. The van der Waals surface area contributed by atoms with Gasteiger partial charge in [-0.2, -0.15) is 0 Å². The third kappa shape index (κ3) is 14.9. The SMILES string of the molecule is COc1cc(-c2oc3cc(O)cc(O)c3c(=O)c2O)ccc1O.Cc1ccc(-c2oc3cc(O)cc(O)c3c(=O)c2O)cc1O.O=c1c(O)c(-c2ccc(O)c(O)c2)oc2ccc(O)cc12.O=c1cc(-c2cc(O)c(O)c(O)c2)oc2ccc(O)cc12.O=c1cc(-c2ccc(O)c(O)c2)oc2ccc(O)cc12. The van der Waals surface area contributed by atoms with E-state index in [2.05, 4.69) is 0 Å². The molecule has 0 radical (unpaired) electrons. The van der Waals surface area contributed by atoms with Gasteiger partial charge >= 0.3 is 0 Å². The summed E-state index contributed by atoms with van der Waals surface area (Å²) in [5.74, 6) is -6.84. The summed E-state index contributed by atoms with van der Waals surface area (Å²) in [4.78, 5) is 60.5. The van der Waals surface area contributed by atoms with Gasteiger partial charge in [0.1, 0.15) is 96.2 Å². The molecule has 0 saturated carbocycles. The van der Waals surface area contributed by atoms with Crippen molar-refractivity contribution in [3.8, 4) is 172 Å². The lowest BCUT2D eigenvalue weighted by Gasteiger charge is -2.09. The van der Waals surface area contributed by atoms with E-state index in [4.69, 9.17) is 26.8 Å². The molecule has 0 bridgehead atoms. The monoisotopic (exact) mass is 1460 g/mol. The van der Waals surface area contributed by atoms with Gasteiger partial charge in [0.2, 0.25) is 33.5 Å². The molecule has 107 heavy (non-hydrogen) atoms. The summed E-state index contributed by atoms with van der Waals surface area (Å²) in [6, 6.07) is 37.9. The van der Waals surface area contributed by atoms with Gasteiger partial charge in [-0.3, -0.25) is 24.0 Å². The van der Waals surface area contributed by atoms with Crippen molar-refractivity contribution in [3.63, 3.8) is 0 Å². The number of hydrogen-bond acceptors (Lipinski definition) is 30. The minimum Gasteiger partial charge on any atom is -0.508 e. The van der Waals surface area contributed by atoms with E-state index in [-0.39, 0.29) is 169 Å². The minimum absolute atomic E-state index is 0.0140. The number of rotatable bonds is 6. The quantitative estimate of drug-likeness (QED) is 0.0688. The van der Waals surface area contributed by atoms with E-state index in [1.165, 1.54) is 147 Å². The van der Waals surface area contributed by atoms with Crippen LogP contribution in [0.1, 0.15) is 5.56 Å². The van der Waals surface area contributed by atoms with E-state index in [1.807, 2.05) is 0 Å². The largest absolute Gasteiger partial charge is 0.508 e. The van der Waals surface area contributed by atoms with Gasteiger partial charge in [-0.25, -0.2) is 0 Å².